The molecule has 1 saturated carbocycles. The van der Waals surface area contributed by atoms with Crippen molar-refractivity contribution in [2.75, 3.05) is 26.3 Å². The Morgan fingerprint density at radius 1 is 1.33 bits per heavy atom. The first kappa shape index (κ1) is 16.2. The van der Waals surface area contributed by atoms with Crippen molar-refractivity contribution in [3.05, 3.63) is 22.0 Å². The second-order valence-electron chi connectivity index (χ2n) is 5.34. The highest BCUT2D eigenvalue weighted by molar-refractivity contribution is 6.69. The third-order valence-corrected chi connectivity index (χ3v) is 4.38. The maximum Gasteiger partial charge on any atom is 0.321 e. The van der Waals surface area contributed by atoms with Crippen LogP contribution in [0.4, 0.5) is 0 Å². The Morgan fingerprint density at radius 2 is 1.95 bits per heavy atom. The molecule has 0 spiro atoms. The topological polar surface area (TPSA) is 94.0 Å². The van der Waals surface area contributed by atoms with E-state index in [0.29, 0.717) is 6.04 Å². The summed E-state index contributed by atoms with van der Waals surface area (Å²) in [5, 5.41) is 10.6. The zero-order valence-electron chi connectivity index (χ0n) is 11.9. The molecule has 0 amide bonds. The van der Waals surface area contributed by atoms with Crippen LogP contribution in [0.25, 0.3) is 0 Å². The number of hydrogen-bond donors (Lipinski definition) is 1. The van der Waals surface area contributed by atoms with Gasteiger partial charge in [-0.3, -0.25) is 20.0 Å². The van der Waals surface area contributed by atoms with Gasteiger partial charge in [0.25, 0.3) is 0 Å². The van der Waals surface area contributed by atoms with Gasteiger partial charge >= 0.3 is 5.70 Å². The fourth-order valence-corrected chi connectivity index (χ4v) is 3.20. The van der Waals surface area contributed by atoms with Gasteiger partial charge in [0, 0.05) is 19.1 Å². The van der Waals surface area contributed by atoms with E-state index in [-0.39, 0.29) is 16.9 Å². The summed E-state index contributed by atoms with van der Waals surface area (Å²) in [6, 6.07) is 0.615. The molecule has 0 unspecified atom stereocenters. The number of rotatable bonds is 4. The zero-order valence-corrected chi connectivity index (χ0v) is 12.7. The van der Waals surface area contributed by atoms with Crippen LogP contribution in [0, 0.1) is 10.1 Å². The maximum atomic E-state index is 10.7. The van der Waals surface area contributed by atoms with Crippen molar-refractivity contribution in [2.24, 2.45) is 10.7 Å². The van der Waals surface area contributed by atoms with E-state index in [4.69, 9.17) is 22.1 Å². The number of aliphatic imine (C=N–C) groups is 1. The molecule has 1 aliphatic carbocycles. The average molecular weight is 317 g/mol. The van der Waals surface area contributed by atoms with Crippen molar-refractivity contribution in [3.8, 4) is 0 Å². The fraction of sp³-hybridized carbons (Fsp3) is 0.769. The van der Waals surface area contributed by atoms with E-state index in [2.05, 4.69) is 9.89 Å². The van der Waals surface area contributed by atoms with Crippen molar-refractivity contribution in [2.45, 2.75) is 37.8 Å². The summed E-state index contributed by atoms with van der Waals surface area (Å²) < 4.78 is 5.36. The minimum absolute atomic E-state index is 0.0460. The van der Waals surface area contributed by atoms with Gasteiger partial charge < -0.3 is 10.5 Å². The highest BCUT2D eigenvalue weighted by atomic mass is 35.5. The molecule has 1 saturated heterocycles. The molecule has 2 N–H and O–H groups in total. The van der Waals surface area contributed by atoms with E-state index < -0.39 is 4.92 Å². The predicted octanol–water partition coefficient (Wildman–Crippen LogP) is 1.34. The largest absolute Gasteiger partial charge is 0.399 e. The van der Waals surface area contributed by atoms with Gasteiger partial charge in [0.1, 0.15) is 0 Å². The number of morpholine rings is 1. The lowest BCUT2D eigenvalue weighted by atomic mass is 9.90. The number of nitrogens with zero attached hydrogens (tertiary/aromatic N) is 3. The Kier molecular flexibility index (Phi) is 5.96. The lowest BCUT2D eigenvalue weighted by Crippen LogP contribution is -2.45. The first-order valence-electron chi connectivity index (χ1n) is 7.23. The second-order valence-corrected chi connectivity index (χ2v) is 5.70. The van der Waals surface area contributed by atoms with Crippen molar-refractivity contribution >= 4 is 16.8 Å². The van der Waals surface area contributed by atoms with Crippen molar-refractivity contribution < 1.29 is 9.66 Å². The summed E-state index contributed by atoms with van der Waals surface area (Å²) >= 11 is 5.89. The minimum atomic E-state index is -0.606. The van der Waals surface area contributed by atoms with E-state index in [1.165, 1.54) is 0 Å². The van der Waals surface area contributed by atoms with Crippen LogP contribution in [0.1, 0.15) is 25.7 Å². The number of allylic oxidation sites excluding steroid dienone is 1. The molecule has 0 bridgehead atoms. The fourth-order valence-electron chi connectivity index (χ4n) is 2.93. The molecule has 0 aromatic carbocycles. The van der Waals surface area contributed by atoms with Crippen molar-refractivity contribution in [1.82, 2.24) is 4.90 Å². The molecule has 2 fully saturated rings. The Labute approximate surface area is 128 Å². The van der Waals surface area contributed by atoms with Crippen LogP contribution in [-0.4, -0.2) is 53.4 Å². The number of hydrogen-bond acceptors (Lipinski definition) is 6. The summed E-state index contributed by atoms with van der Waals surface area (Å²) in [5.41, 5.74) is 4.88. The summed E-state index contributed by atoms with van der Waals surface area (Å²) in [6.45, 7) is 3.58. The van der Waals surface area contributed by atoms with E-state index >= 15 is 0 Å². The third kappa shape index (κ3) is 4.39. The van der Waals surface area contributed by atoms with Gasteiger partial charge in [-0.25, -0.2) is 0 Å². The Hall–Kier alpha value is -1.18. The molecule has 0 radical (unpaired) electrons. The minimum Gasteiger partial charge on any atom is -0.399 e. The van der Waals surface area contributed by atoms with Crippen LogP contribution in [-0.2, 0) is 4.74 Å². The van der Waals surface area contributed by atoms with Crippen LogP contribution in [0.2, 0.25) is 0 Å². The number of halogens is 1. The van der Waals surface area contributed by atoms with Gasteiger partial charge in [0.15, 0.2) is 0 Å². The maximum absolute atomic E-state index is 10.7. The smallest absolute Gasteiger partial charge is 0.321 e. The molecule has 118 valence electrons. The van der Waals surface area contributed by atoms with Crippen LogP contribution >= 0.6 is 11.6 Å². The molecule has 8 heteroatoms. The van der Waals surface area contributed by atoms with Gasteiger partial charge in [0.05, 0.1) is 30.4 Å². The van der Waals surface area contributed by atoms with Crippen LogP contribution < -0.4 is 5.73 Å². The molecular weight excluding hydrogens is 296 g/mol. The molecule has 21 heavy (non-hydrogen) atoms. The molecule has 0 atom stereocenters. The van der Waals surface area contributed by atoms with E-state index in [9.17, 15) is 10.1 Å². The van der Waals surface area contributed by atoms with Crippen LogP contribution in [0.15, 0.2) is 16.9 Å². The molecule has 0 aromatic rings. The second kappa shape index (κ2) is 7.72. The van der Waals surface area contributed by atoms with E-state index in [0.717, 1.165) is 58.2 Å². The Bertz CT molecular complexity index is 427. The zero-order chi connectivity index (χ0) is 15.2. The molecule has 7 nitrogen and oxygen atoms in total. The number of nitro groups is 1. The SMILES string of the molecule is NC=C(C(Cl)=NC1CCC(N2CCOCC2)CC1)[N+](=O)[O-]. The molecule has 2 rings (SSSR count). The molecule has 1 aliphatic heterocycles. The first-order chi connectivity index (χ1) is 10.1. The highest BCUT2D eigenvalue weighted by Crippen LogP contribution is 2.26. The monoisotopic (exact) mass is 316 g/mol. The summed E-state index contributed by atoms with van der Waals surface area (Å²) in [5.74, 6) is 0. The van der Waals surface area contributed by atoms with Gasteiger partial charge in [-0.05, 0) is 25.7 Å². The van der Waals surface area contributed by atoms with E-state index in [1.54, 1.807) is 0 Å². The predicted molar refractivity (Wildman–Crippen MR) is 81.0 cm³/mol. The quantitative estimate of drug-likeness (QED) is 0.480. The number of nitrogens with two attached hydrogens (primary N) is 1. The standard InChI is InChI=1S/C13H21ClN4O3/c14-13(12(9-15)18(19)20)16-10-1-3-11(4-2-10)17-5-7-21-8-6-17/h9-11H,1-8,15H2. The highest BCUT2D eigenvalue weighted by Gasteiger charge is 2.27. The number of ether oxygens (including phenoxy) is 1. The van der Waals surface area contributed by atoms with Gasteiger partial charge in [-0.15, -0.1) is 0 Å². The normalized spacial score (nSPS) is 29.4. The summed E-state index contributed by atoms with van der Waals surface area (Å²) in [6.07, 6.45) is 4.77. The molecule has 0 aromatic heterocycles. The first-order valence-corrected chi connectivity index (χ1v) is 7.61. The third-order valence-electron chi connectivity index (χ3n) is 4.09. The lowest BCUT2D eigenvalue weighted by Gasteiger charge is -2.38. The Morgan fingerprint density at radius 3 is 2.48 bits per heavy atom. The van der Waals surface area contributed by atoms with Crippen LogP contribution in [0.5, 0.6) is 0 Å². The van der Waals surface area contributed by atoms with Crippen LogP contribution in [0.3, 0.4) is 0 Å². The summed E-state index contributed by atoms with van der Waals surface area (Å²) in [4.78, 5) is 16.9. The van der Waals surface area contributed by atoms with Gasteiger partial charge in [-0.1, -0.05) is 11.6 Å². The molecule has 1 heterocycles. The van der Waals surface area contributed by atoms with Crippen molar-refractivity contribution in [1.29, 1.82) is 0 Å². The average Bonchev–Trinajstić information content (AvgIpc) is 2.49. The van der Waals surface area contributed by atoms with E-state index in [1.807, 2.05) is 0 Å². The van der Waals surface area contributed by atoms with Gasteiger partial charge in [0.2, 0.25) is 5.17 Å². The lowest BCUT2D eigenvalue weighted by molar-refractivity contribution is -0.414. The molecule has 2 aliphatic rings. The Balaban J connectivity index is 1.87. The molecular formula is C13H21ClN4O3. The van der Waals surface area contributed by atoms with Crippen molar-refractivity contribution in [3.63, 3.8) is 0 Å². The van der Waals surface area contributed by atoms with Gasteiger partial charge in [-0.2, -0.15) is 0 Å². The summed E-state index contributed by atoms with van der Waals surface area (Å²) in [7, 11) is 0.